The van der Waals surface area contributed by atoms with Crippen molar-refractivity contribution in [2.75, 3.05) is 10.7 Å². The summed E-state index contributed by atoms with van der Waals surface area (Å²) in [5.41, 5.74) is 2.55. The van der Waals surface area contributed by atoms with E-state index in [-0.39, 0.29) is 11.4 Å². The van der Waals surface area contributed by atoms with E-state index in [4.69, 9.17) is 0 Å². The molecule has 0 unspecified atom stereocenters. The van der Waals surface area contributed by atoms with Crippen molar-refractivity contribution < 1.29 is 36.0 Å². The zero-order chi connectivity index (χ0) is 26.5. The summed E-state index contributed by atoms with van der Waals surface area (Å²) < 4.78 is 82.7. The monoisotopic (exact) mass is 627 g/mol. The number of alkyl halides is 6. The van der Waals surface area contributed by atoms with Gasteiger partial charge in [0.05, 0.1) is 11.1 Å². The van der Waals surface area contributed by atoms with Gasteiger partial charge in [0.1, 0.15) is 0 Å². The Kier molecular flexibility index (Phi) is 8.10. The lowest BCUT2D eigenvalue weighted by molar-refractivity contribution is -0.384. The summed E-state index contributed by atoms with van der Waals surface area (Å²) >= 11 is 2.05. The molecular weight excluding hydrogens is 615 g/mol. The Morgan fingerprint density at radius 1 is 1.00 bits per heavy atom. The number of halogens is 7. The van der Waals surface area contributed by atoms with Crippen LogP contribution in [0.25, 0.3) is 0 Å². The van der Waals surface area contributed by atoms with Crippen LogP contribution in [-0.4, -0.2) is 44.5 Å². The molecule has 0 bridgehead atoms. The Bertz CT molecular complexity index is 1260. The first-order valence-corrected chi connectivity index (χ1v) is 10.5. The fourth-order valence-electron chi connectivity index (χ4n) is 2.52. The summed E-state index contributed by atoms with van der Waals surface area (Å²) in [5, 5.41) is 17.2. The van der Waals surface area contributed by atoms with Gasteiger partial charge in [0, 0.05) is 21.4 Å². The first-order chi connectivity index (χ1) is 16.8. The summed E-state index contributed by atoms with van der Waals surface area (Å²) in [4.78, 5) is 20.9. The fourth-order valence-corrected chi connectivity index (χ4v) is 3.08. The normalized spacial score (nSPS) is 12.1. The van der Waals surface area contributed by atoms with E-state index in [1.54, 1.807) is 18.2 Å². The molecule has 2 aromatic carbocycles. The zero-order valence-corrected chi connectivity index (χ0v) is 19.5. The number of hydrogen-bond acceptors (Lipinski definition) is 9. The van der Waals surface area contributed by atoms with Crippen molar-refractivity contribution in [3.8, 4) is 6.01 Å². The number of hydrogen-bond donors (Lipinski definition) is 2. The first kappa shape index (κ1) is 26.8. The quantitative estimate of drug-likeness (QED) is 0.111. The third-order valence-corrected chi connectivity index (χ3v) is 4.64. The van der Waals surface area contributed by atoms with Crippen LogP contribution in [-0.2, 0) is 0 Å². The molecule has 0 aliphatic rings. The molecule has 3 aromatic rings. The molecule has 0 amide bonds. The molecule has 2 N–H and O–H groups in total. The second kappa shape index (κ2) is 10.9. The van der Waals surface area contributed by atoms with Crippen LogP contribution >= 0.6 is 22.6 Å². The highest BCUT2D eigenvalue weighted by Crippen LogP contribution is 2.36. The van der Waals surface area contributed by atoms with Gasteiger partial charge >= 0.3 is 18.4 Å². The van der Waals surface area contributed by atoms with Gasteiger partial charge in [-0.1, -0.05) is 18.2 Å². The molecule has 1 heterocycles. The number of nitro groups is 1. The second-order valence-electron chi connectivity index (χ2n) is 6.70. The molecule has 0 aliphatic heterocycles. The summed E-state index contributed by atoms with van der Waals surface area (Å²) in [5.74, 6) is -1.14. The average Bonchev–Trinajstić information content (AvgIpc) is 2.76. The highest BCUT2D eigenvalue weighted by atomic mass is 127. The van der Waals surface area contributed by atoms with Crippen molar-refractivity contribution in [3.63, 3.8) is 0 Å². The molecule has 0 atom stereocenters. The van der Waals surface area contributed by atoms with E-state index >= 15 is 0 Å². The topological polar surface area (TPSA) is 127 Å². The predicted octanol–water partition coefficient (Wildman–Crippen LogP) is 5.45. The number of aromatic nitrogens is 3. The van der Waals surface area contributed by atoms with Gasteiger partial charge in [-0.05, 0) is 46.4 Å². The van der Waals surface area contributed by atoms with Crippen LogP contribution in [0.15, 0.2) is 53.6 Å². The molecular formula is C19H12F6IN7O3. The van der Waals surface area contributed by atoms with E-state index in [9.17, 15) is 36.5 Å². The van der Waals surface area contributed by atoms with E-state index in [0.29, 0.717) is 5.56 Å². The van der Waals surface area contributed by atoms with Crippen molar-refractivity contribution >= 4 is 52.1 Å². The maximum absolute atomic E-state index is 13.0. The standard InChI is InChI=1S/C19H12F6IN7O3/c20-18(21,22)14(19(23,24)25)36-17-30-15(28-12-5-2-6-13(8-12)33(34)35)29-16(31-17)32-27-9-10-3-1-4-11(26)7-10/h1-9,14H,(H2,28,29,30,31,32). The average molecular weight is 627 g/mol. The molecule has 10 nitrogen and oxygen atoms in total. The number of non-ortho nitro benzene ring substituents is 1. The lowest BCUT2D eigenvalue weighted by Crippen LogP contribution is -2.46. The van der Waals surface area contributed by atoms with E-state index in [1.165, 1.54) is 18.3 Å². The van der Waals surface area contributed by atoms with Gasteiger partial charge in [-0.15, -0.1) is 0 Å². The van der Waals surface area contributed by atoms with Crippen LogP contribution in [0.2, 0.25) is 0 Å². The number of nitrogens with one attached hydrogen (secondary N) is 2. The molecule has 1 aromatic heterocycles. The van der Waals surface area contributed by atoms with Gasteiger partial charge in [-0.3, -0.25) is 10.1 Å². The van der Waals surface area contributed by atoms with Gasteiger partial charge in [0.2, 0.25) is 5.95 Å². The minimum absolute atomic E-state index is 0.0119. The highest BCUT2D eigenvalue weighted by molar-refractivity contribution is 14.1. The van der Waals surface area contributed by atoms with Crippen molar-refractivity contribution in [2.45, 2.75) is 18.5 Å². The second-order valence-corrected chi connectivity index (χ2v) is 7.95. The molecule has 0 radical (unpaired) electrons. The van der Waals surface area contributed by atoms with Crippen LogP contribution in [0, 0.1) is 13.7 Å². The molecule has 0 saturated carbocycles. The lowest BCUT2D eigenvalue weighted by atomic mass is 10.2. The largest absolute Gasteiger partial charge is 0.440 e. The summed E-state index contributed by atoms with van der Waals surface area (Å²) in [6.07, 6.45) is -14.6. The Morgan fingerprint density at radius 3 is 2.31 bits per heavy atom. The Balaban J connectivity index is 1.94. The third kappa shape index (κ3) is 7.62. The van der Waals surface area contributed by atoms with Gasteiger partial charge in [-0.25, -0.2) is 5.43 Å². The maximum atomic E-state index is 13.0. The highest BCUT2D eigenvalue weighted by Gasteiger charge is 2.59. The molecule has 17 heteroatoms. The summed E-state index contributed by atoms with van der Waals surface area (Å²) in [6, 6.07) is 10.4. The maximum Gasteiger partial charge on any atom is 0.434 e. The minimum Gasteiger partial charge on any atom is -0.440 e. The van der Waals surface area contributed by atoms with Crippen LogP contribution in [0.4, 0.5) is 49.6 Å². The number of rotatable bonds is 8. The molecule has 0 saturated heterocycles. The third-order valence-electron chi connectivity index (χ3n) is 3.97. The molecule has 0 spiro atoms. The van der Waals surface area contributed by atoms with Crippen LogP contribution < -0.4 is 15.5 Å². The Morgan fingerprint density at radius 2 is 1.67 bits per heavy atom. The van der Waals surface area contributed by atoms with Crippen molar-refractivity contribution in [2.24, 2.45) is 5.10 Å². The summed E-state index contributed by atoms with van der Waals surface area (Å²) in [6.45, 7) is 0. The van der Waals surface area contributed by atoms with Crippen LogP contribution in [0.5, 0.6) is 6.01 Å². The first-order valence-electron chi connectivity index (χ1n) is 9.43. The number of nitro benzene ring substituents is 1. The Labute approximate surface area is 211 Å². The van der Waals surface area contributed by atoms with Gasteiger partial charge < -0.3 is 10.1 Å². The summed E-state index contributed by atoms with van der Waals surface area (Å²) in [7, 11) is 0. The number of benzene rings is 2. The van der Waals surface area contributed by atoms with E-state index in [2.05, 4.69) is 58.1 Å². The number of anilines is 3. The SMILES string of the molecule is O=[N+]([O-])c1cccc(Nc2nc(NN=Cc3cccc(I)c3)nc(OC(C(F)(F)F)C(F)(F)F)n2)c1. The van der Waals surface area contributed by atoms with E-state index in [0.717, 1.165) is 15.7 Å². The smallest absolute Gasteiger partial charge is 0.434 e. The predicted molar refractivity (Wildman–Crippen MR) is 123 cm³/mol. The number of ether oxygens (including phenoxy) is 1. The van der Waals surface area contributed by atoms with Gasteiger partial charge in [-0.2, -0.15) is 46.4 Å². The van der Waals surface area contributed by atoms with E-state index < -0.39 is 41.3 Å². The zero-order valence-electron chi connectivity index (χ0n) is 17.4. The molecule has 0 aliphatic carbocycles. The lowest BCUT2D eigenvalue weighted by Gasteiger charge is -2.22. The van der Waals surface area contributed by atoms with Crippen molar-refractivity contribution in [1.29, 1.82) is 0 Å². The Hall–Kier alpha value is -3.77. The molecule has 36 heavy (non-hydrogen) atoms. The molecule has 3 rings (SSSR count). The van der Waals surface area contributed by atoms with E-state index in [1.807, 2.05) is 6.07 Å². The fraction of sp³-hybridized carbons (Fsp3) is 0.158. The molecule has 190 valence electrons. The number of nitrogens with zero attached hydrogens (tertiary/aromatic N) is 5. The van der Waals surface area contributed by atoms with Crippen molar-refractivity contribution in [3.05, 3.63) is 67.8 Å². The van der Waals surface area contributed by atoms with Crippen LogP contribution in [0.3, 0.4) is 0 Å². The minimum atomic E-state index is -5.82. The van der Waals surface area contributed by atoms with Gasteiger partial charge in [0.25, 0.3) is 17.7 Å². The van der Waals surface area contributed by atoms with Crippen molar-refractivity contribution in [1.82, 2.24) is 15.0 Å². The number of hydrazone groups is 1. The molecule has 0 fully saturated rings. The van der Waals surface area contributed by atoms with Gasteiger partial charge in [0.15, 0.2) is 0 Å². The van der Waals surface area contributed by atoms with Crippen LogP contribution in [0.1, 0.15) is 5.56 Å².